The van der Waals surface area contributed by atoms with E-state index in [9.17, 15) is 9.65 Å². The van der Waals surface area contributed by atoms with E-state index in [1.807, 2.05) is 24.9 Å². The van der Waals surface area contributed by atoms with Gasteiger partial charge < -0.3 is 10.5 Å². The largest absolute Gasteiger partial charge is 0.482 e. The number of fused-ring (bicyclic) bond motifs is 7. The molecule has 2 aliphatic heterocycles. The fraction of sp³-hybridized carbons (Fsp3) is 0.280. The second-order valence-electron chi connectivity index (χ2n) is 8.84. The third kappa shape index (κ3) is 2.99. The number of ether oxygens (including phenoxy) is 1. The molecular formula is C25H22FN7O. The normalized spacial score (nSPS) is 18.4. The highest BCUT2D eigenvalue weighted by Gasteiger charge is 2.34. The van der Waals surface area contributed by atoms with Gasteiger partial charge in [0.1, 0.15) is 18.0 Å². The van der Waals surface area contributed by atoms with Gasteiger partial charge in [-0.3, -0.25) is 9.36 Å². The van der Waals surface area contributed by atoms with Crippen LogP contribution in [0.1, 0.15) is 54.3 Å². The van der Waals surface area contributed by atoms with Crippen molar-refractivity contribution in [1.29, 1.82) is 5.26 Å². The van der Waals surface area contributed by atoms with Crippen LogP contribution in [0.4, 0.5) is 10.2 Å². The first-order valence-electron chi connectivity index (χ1n) is 11.2. The van der Waals surface area contributed by atoms with Gasteiger partial charge in [-0.1, -0.05) is 0 Å². The van der Waals surface area contributed by atoms with Crippen LogP contribution in [0, 0.1) is 17.1 Å². The van der Waals surface area contributed by atoms with Crippen molar-refractivity contribution in [3.63, 3.8) is 0 Å². The lowest BCUT2D eigenvalue weighted by atomic mass is 9.83. The molecule has 2 atom stereocenters. The number of pyridine rings is 1. The Labute approximate surface area is 195 Å². The maximum atomic E-state index is 14.4. The van der Waals surface area contributed by atoms with E-state index in [0.717, 1.165) is 47.5 Å². The number of halogens is 1. The number of nitriles is 1. The Bertz CT molecular complexity index is 1500. The first kappa shape index (κ1) is 20.4. The fourth-order valence-electron chi connectivity index (χ4n) is 5.24. The van der Waals surface area contributed by atoms with E-state index in [2.05, 4.69) is 16.2 Å². The molecule has 34 heavy (non-hydrogen) atoms. The van der Waals surface area contributed by atoms with Crippen LogP contribution >= 0.6 is 0 Å². The lowest BCUT2D eigenvalue weighted by Crippen LogP contribution is -2.18. The number of anilines is 1. The smallest absolute Gasteiger partial charge is 0.170 e. The molecule has 170 valence electrons. The molecule has 0 aliphatic carbocycles. The lowest BCUT2D eigenvalue weighted by Gasteiger charge is -2.27. The molecular weight excluding hydrogens is 433 g/mol. The SMILES string of the molecule is C[C@H]1Oc2cc(cnc2N)-c2c(C#N)nn3c2[C@H](CCC3)c2cn(C)nc2-c2ccc(F)cc21. The Hall–Kier alpha value is -4.19. The van der Waals surface area contributed by atoms with Crippen molar-refractivity contribution in [2.24, 2.45) is 7.05 Å². The van der Waals surface area contributed by atoms with E-state index in [1.54, 1.807) is 23.0 Å². The Morgan fingerprint density at radius 1 is 1.24 bits per heavy atom. The Morgan fingerprint density at radius 2 is 2.09 bits per heavy atom. The summed E-state index contributed by atoms with van der Waals surface area (Å²) in [4.78, 5) is 4.35. The molecule has 3 aromatic heterocycles. The molecule has 0 spiro atoms. The molecule has 4 aromatic rings. The molecule has 0 saturated heterocycles. The standard InChI is InChI=1S/C25H22FN7O/c1-13-18-9-15(26)5-6-16(18)23-19(12-32(2)31-23)17-4-3-7-33-24(17)22(20(10-27)30-33)14-8-21(34-13)25(28)29-11-14/h5-6,8-9,11-13,17H,3-4,7H2,1-2H3,(H2,28,29)/t13-,17-/m1/s1. The minimum Gasteiger partial charge on any atom is -0.482 e. The predicted octanol–water partition coefficient (Wildman–Crippen LogP) is 4.32. The Balaban J connectivity index is 1.73. The summed E-state index contributed by atoms with van der Waals surface area (Å²) in [5, 5.41) is 19.3. The van der Waals surface area contributed by atoms with Crippen LogP contribution in [0.15, 0.2) is 36.7 Å². The number of rotatable bonds is 0. The van der Waals surface area contributed by atoms with Crippen molar-refractivity contribution in [3.8, 4) is 34.2 Å². The van der Waals surface area contributed by atoms with Crippen molar-refractivity contribution in [2.75, 3.05) is 5.73 Å². The third-order valence-electron chi connectivity index (χ3n) is 6.70. The van der Waals surface area contributed by atoms with Gasteiger partial charge in [-0.25, -0.2) is 9.37 Å². The predicted molar refractivity (Wildman–Crippen MR) is 123 cm³/mol. The van der Waals surface area contributed by atoms with E-state index in [4.69, 9.17) is 15.6 Å². The number of nitrogens with two attached hydrogens (primary N) is 1. The molecule has 2 aliphatic rings. The van der Waals surface area contributed by atoms with Crippen LogP contribution in [-0.4, -0.2) is 24.5 Å². The number of hydrogen-bond acceptors (Lipinski definition) is 6. The van der Waals surface area contributed by atoms with Crippen molar-refractivity contribution >= 4 is 5.82 Å². The molecule has 0 fully saturated rings. The summed E-state index contributed by atoms with van der Waals surface area (Å²) in [7, 11) is 1.88. The van der Waals surface area contributed by atoms with Crippen molar-refractivity contribution < 1.29 is 9.13 Å². The van der Waals surface area contributed by atoms with Gasteiger partial charge in [-0.15, -0.1) is 0 Å². The highest BCUT2D eigenvalue weighted by atomic mass is 19.1. The van der Waals surface area contributed by atoms with E-state index in [1.165, 1.54) is 12.1 Å². The summed E-state index contributed by atoms with van der Waals surface area (Å²) in [5.74, 6) is 0.199. The first-order chi connectivity index (χ1) is 16.4. The van der Waals surface area contributed by atoms with Crippen molar-refractivity contribution in [1.82, 2.24) is 24.5 Å². The molecule has 9 heteroatoms. The third-order valence-corrected chi connectivity index (χ3v) is 6.70. The van der Waals surface area contributed by atoms with Gasteiger partial charge in [-0.2, -0.15) is 15.5 Å². The van der Waals surface area contributed by atoms with E-state index >= 15 is 0 Å². The van der Waals surface area contributed by atoms with Crippen LogP contribution in [0.3, 0.4) is 0 Å². The zero-order chi connectivity index (χ0) is 23.6. The zero-order valence-electron chi connectivity index (χ0n) is 18.8. The molecule has 6 rings (SSSR count). The molecule has 8 nitrogen and oxygen atoms in total. The van der Waals surface area contributed by atoms with Gasteiger partial charge in [0.15, 0.2) is 17.3 Å². The van der Waals surface area contributed by atoms with Crippen LogP contribution in [0.5, 0.6) is 5.75 Å². The second kappa shape index (κ2) is 7.42. The van der Waals surface area contributed by atoms with Crippen LogP contribution in [0.25, 0.3) is 22.4 Å². The van der Waals surface area contributed by atoms with Crippen LogP contribution in [0.2, 0.25) is 0 Å². The quantitative estimate of drug-likeness (QED) is 0.423. The summed E-state index contributed by atoms with van der Waals surface area (Å²) < 4.78 is 24.3. The Kier molecular flexibility index (Phi) is 4.45. The number of aryl methyl sites for hydroxylation is 2. The number of nitrogen functional groups attached to an aromatic ring is 1. The first-order valence-corrected chi connectivity index (χ1v) is 11.2. The summed E-state index contributed by atoms with van der Waals surface area (Å²) >= 11 is 0. The average molecular weight is 455 g/mol. The van der Waals surface area contributed by atoms with Crippen LogP contribution in [-0.2, 0) is 13.6 Å². The highest BCUT2D eigenvalue weighted by molar-refractivity contribution is 5.77. The minimum absolute atomic E-state index is 0.0448. The topological polar surface area (TPSA) is 108 Å². The molecule has 2 N–H and O–H groups in total. The molecule has 5 heterocycles. The fourth-order valence-corrected chi connectivity index (χ4v) is 5.24. The number of benzene rings is 1. The molecule has 1 aromatic carbocycles. The Morgan fingerprint density at radius 3 is 2.91 bits per heavy atom. The second-order valence-corrected chi connectivity index (χ2v) is 8.84. The van der Waals surface area contributed by atoms with Gasteiger partial charge in [-0.05, 0) is 44.0 Å². The number of nitrogens with zero attached hydrogens (tertiary/aromatic N) is 6. The van der Waals surface area contributed by atoms with E-state index in [-0.39, 0.29) is 17.6 Å². The highest BCUT2D eigenvalue weighted by Crippen LogP contribution is 2.46. The van der Waals surface area contributed by atoms with Gasteiger partial charge in [0.2, 0.25) is 0 Å². The van der Waals surface area contributed by atoms with Crippen molar-refractivity contribution in [2.45, 2.75) is 38.3 Å². The maximum absolute atomic E-state index is 14.4. The summed E-state index contributed by atoms with van der Waals surface area (Å²) in [6, 6.07) is 8.74. The molecule has 0 amide bonds. The van der Waals surface area contributed by atoms with Gasteiger partial charge >= 0.3 is 0 Å². The monoisotopic (exact) mass is 455 g/mol. The summed E-state index contributed by atoms with van der Waals surface area (Å²) in [5.41, 5.74) is 12.2. The van der Waals surface area contributed by atoms with Crippen molar-refractivity contribution in [3.05, 3.63) is 65.0 Å². The molecule has 0 radical (unpaired) electrons. The number of aromatic nitrogens is 5. The van der Waals surface area contributed by atoms with Gasteiger partial charge in [0, 0.05) is 59.7 Å². The van der Waals surface area contributed by atoms with Gasteiger partial charge in [0.25, 0.3) is 0 Å². The van der Waals surface area contributed by atoms with Crippen LogP contribution < -0.4 is 10.5 Å². The zero-order valence-corrected chi connectivity index (χ0v) is 18.8. The van der Waals surface area contributed by atoms with E-state index in [0.29, 0.717) is 22.6 Å². The number of hydrogen-bond donors (Lipinski definition) is 1. The molecule has 0 saturated carbocycles. The summed E-state index contributed by atoms with van der Waals surface area (Å²) in [6.07, 6.45) is 4.93. The lowest BCUT2D eigenvalue weighted by molar-refractivity contribution is 0.227. The maximum Gasteiger partial charge on any atom is 0.170 e. The van der Waals surface area contributed by atoms with Gasteiger partial charge in [0.05, 0.1) is 11.4 Å². The van der Waals surface area contributed by atoms with E-state index < -0.39 is 6.10 Å². The average Bonchev–Trinajstić information content (AvgIpc) is 3.40. The minimum atomic E-state index is -0.525. The molecule has 0 unspecified atom stereocenters. The molecule has 2 bridgehead atoms. The summed E-state index contributed by atoms with van der Waals surface area (Å²) in [6.45, 7) is 2.57.